The van der Waals surface area contributed by atoms with Gasteiger partial charge in [0.1, 0.15) is 5.82 Å². The van der Waals surface area contributed by atoms with Gasteiger partial charge in [-0.05, 0) is 30.7 Å². The third kappa shape index (κ3) is 1.99. The number of aryl methyl sites for hydroxylation is 1. The molecule has 3 nitrogen and oxygen atoms in total. The zero-order valence-corrected chi connectivity index (χ0v) is 8.40. The molecule has 0 saturated heterocycles. The summed E-state index contributed by atoms with van der Waals surface area (Å²) in [5, 5.41) is 12.8. The monoisotopic (exact) mass is 209 g/mol. The third-order valence-electron chi connectivity index (χ3n) is 2.44. The first-order valence-corrected chi connectivity index (χ1v) is 4.81. The predicted molar refractivity (Wildman–Crippen MR) is 54.2 cm³/mol. The minimum absolute atomic E-state index is 0.0484. The van der Waals surface area contributed by atoms with E-state index in [4.69, 9.17) is 9.94 Å². The molecule has 0 fully saturated rings. The molecule has 1 N–H and O–H groups in total. The molecule has 1 aromatic carbocycles. The van der Waals surface area contributed by atoms with Crippen LogP contribution in [-0.4, -0.2) is 23.5 Å². The van der Waals surface area contributed by atoms with Crippen LogP contribution in [0.4, 0.5) is 4.39 Å². The second-order valence-corrected chi connectivity index (χ2v) is 3.61. The van der Waals surface area contributed by atoms with Gasteiger partial charge in [-0.15, -0.1) is 0 Å². The van der Waals surface area contributed by atoms with Gasteiger partial charge in [0.05, 0.1) is 12.3 Å². The van der Waals surface area contributed by atoms with E-state index >= 15 is 0 Å². The van der Waals surface area contributed by atoms with Crippen LogP contribution in [0, 0.1) is 12.7 Å². The van der Waals surface area contributed by atoms with Crippen LogP contribution in [0.25, 0.3) is 0 Å². The Hall–Kier alpha value is -1.42. The lowest BCUT2D eigenvalue weighted by Gasteiger charge is -2.04. The Balaban J connectivity index is 2.24. The second kappa shape index (κ2) is 3.98. The van der Waals surface area contributed by atoms with Crippen molar-refractivity contribution in [1.29, 1.82) is 0 Å². The number of aliphatic hydroxyl groups is 1. The Labute approximate surface area is 87.2 Å². The summed E-state index contributed by atoms with van der Waals surface area (Å²) in [5.41, 5.74) is 2.48. The summed E-state index contributed by atoms with van der Waals surface area (Å²) in [4.78, 5) is 5.00. The van der Waals surface area contributed by atoms with Crippen molar-refractivity contribution in [1.82, 2.24) is 0 Å². The molecule has 0 radical (unpaired) electrons. The number of hydrogen-bond acceptors (Lipinski definition) is 3. The average Bonchev–Trinajstić information content (AvgIpc) is 2.66. The molecule has 0 bridgehead atoms. The fourth-order valence-electron chi connectivity index (χ4n) is 1.64. The molecule has 80 valence electrons. The number of hydrogen-bond donors (Lipinski definition) is 1. The minimum Gasteiger partial charge on any atom is -0.392 e. The van der Waals surface area contributed by atoms with Crippen LogP contribution in [0.5, 0.6) is 0 Å². The van der Waals surface area contributed by atoms with E-state index in [1.54, 1.807) is 6.07 Å². The molecule has 1 aliphatic rings. The van der Waals surface area contributed by atoms with Crippen molar-refractivity contribution in [2.45, 2.75) is 19.4 Å². The maximum atomic E-state index is 12.9. The second-order valence-electron chi connectivity index (χ2n) is 3.61. The van der Waals surface area contributed by atoms with E-state index in [1.165, 1.54) is 12.1 Å². The molecule has 0 aliphatic carbocycles. The van der Waals surface area contributed by atoms with Gasteiger partial charge in [0, 0.05) is 12.0 Å². The molecule has 0 saturated carbocycles. The highest BCUT2D eigenvalue weighted by Crippen LogP contribution is 2.19. The third-order valence-corrected chi connectivity index (χ3v) is 2.44. The molecule has 1 aromatic rings. The van der Waals surface area contributed by atoms with Crippen molar-refractivity contribution in [3.8, 4) is 0 Å². The van der Waals surface area contributed by atoms with Crippen LogP contribution >= 0.6 is 0 Å². The fourth-order valence-corrected chi connectivity index (χ4v) is 1.64. The molecule has 1 unspecified atom stereocenters. The van der Waals surface area contributed by atoms with Gasteiger partial charge >= 0.3 is 0 Å². The lowest BCUT2D eigenvalue weighted by atomic mass is 10.0. The Bertz CT molecular complexity index is 404. The summed E-state index contributed by atoms with van der Waals surface area (Å²) < 4.78 is 12.9. The molecular formula is C11H12FNO2. The first-order chi connectivity index (χ1) is 7.20. The highest BCUT2D eigenvalue weighted by atomic mass is 19.1. The predicted octanol–water partition coefficient (Wildman–Crippen LogP) is 1.62. The number of nitrogens with zero attached hydrogens (tertiary/aromatic N) is 1. The summed E-state index contributed by atoms with van der Waals surface area (Å²) in [6, 6.07) is 4.55. The molecule has 1 atom stereocenters. The Morgan fingerprint density at radius 3 is 3.00 bits per heavy atom. The van der Waals surface area contributed by atoms with Crippen LogP contribution in [0.1, 0.15) is 17.5 Å². The van der Waals surface area contributed by atoms with E-state index < -0.39 is 0 Å². The van der Waals surface area contributed by atoms with Crippen molar-refractivity contribution in [2.24, 2.45) is 5.16 Å². The highest BCUT2D eigenvalue weighted by Gasteiger charge is 2.22. The van der Waals surface area contributed by atoms with Gasteiger partial charge in [-0.2, -0.15) is 0 Å². The standard InChI is InChI=1S/C11H12FNO2/c1-7-4-8(12)2-3-10(7)11-5-9(6-14)15-13-11/h2-4,9,14H,5-6H2,1H3. The Morgan fingerprint density at radius 2 is 2.40 bits per heavy atom. The van der Waals surface area contributed by atoms with Crippen molar-refractivity contribution >= 4 is 5.71 Å². The molecule has 0 spiro atoms. The van der Waals surface area contributed by atoms with Gasteiger partial charge in [0.25, 0.3) is 0 Å². The molecule has 1 aliphatic heterocycles. The summed E-state index contributed by atoms with van der Waals surface area (Å²) in [5.74, 6) is -0.255. The zero-order chi connectivity index (χ0) is 10.8. The van der Waals surface area contributed by atoms with E-state index in [9.17, 15) is 4.39 Å². The number of aliphatic hydroxyl groups excluding tert-OH is 1. The van der Waals surface area contributed by atoms with Crippen molar-refractivity contribution in [3.63, 3.8) is 0 Å². The maximum Gasteiger partial charge on any atom is 0.156 e. The SMILES string of the molecule is Cc1cc(F)ccc1C1=NOC(CO)C1. The number of benzene rings is 1. The molecule has 4 heteroatoms. The van der Waals surface area contributed by atoms with Gasteiger partial charge in [0.15, 0.2) is 6.10 Å². The van der Waals surface area contributed by atoms with E-state index in [0.717, 1.165) is 16.8 Å². The lowest BCUT2D eigenvalue weighted by molar-refractivity contribution is 0.0390. The smallest absolute Gasteiger partial charge is 0.156 e. The number of halogens is 1. The molecule has 2 rings (SSSR count). The maximum absolute atomic E-state index is 12.9. The van der Waals surface area contributed by atoms with Crippen molar-refractivity contribution in [2.75, 3.05) is 6.61 Å². The first-order valence-electron chi connectivity index (χ1n) is 4.81. The van der Waals surface area contributed by atoms with Gasteiger partial charge < -0.3 is 9.94 Å². The zero-order valence-electron chi connectivity index (χ0n) is 8.40. The molecule has 1 heterocycles. The van der Waals surface area contributed by atoms with Crippen LogP contribution in [0.3, 0.4) is 0 Å². The topological polar surface area (TPSA) is 41.8 Å². The van der Waals surface area contributed by atoms with E-state index in [-0.39, 0.29) is 18.5 Å². The number of rotatable bonds is 2. The Morgan fingerprint density at radius 1 is 1.60 bits per heavy atom. The summed E-state index contributed by atoms with van der Waals surface area (Å²) >= 11 is 0. The quantitative estimate of drug-likeness (QED) is 0.804. The fraction of sp³-hybridized carbons (Fsp3) is 0.364. The summed E-state index contributed by atoms with van der Waals surface area (Å²) in [7, 11) is 0. The van der Waals surface area contributed by atoms with E-state index in [0.29, 0.717) is 6.42 Å². The largest absolute Gasteiger partial charge is 0.392 e. The highest BCUT2D eigenvalue weighted by molar-refractivity contribution is 6.02. The molecule has 0 aromatic heterocycles. The Kier molecular flexibility index (Phi) is 2.68. The van der Waals surface area contributed by atoms with E-state index in [1.807, 2.05) is 6.92 Å². The normalized spacial score (nSPS) is 19.9. The number of oxime groups is 1. The van der Waals surface area contributed by atoms with Crippen molar-refractivity contribution < 1.29 is 14.3 Å². The van der Waals surface area contributed by atoms with Gasteiger partial charge in [-0.1, -0.05) is 5.16 Å². The van der Waals surface area contributed by atoms with E-state index in [2.05, 4.69) is 5.16 Å². The van der Waals surface area contributed by atoms with Crippen LogP contribution in [0.15, 0.2) is 23.4 Å². The van der Waals surface area contributed by atoms with Gasteiger partial charge in [0.2, 0.25) is 0 Å². The van der Waals surface area contributed by atoms with Crippen LogP contribution in [-0.2, 0) is 4.84 Å². The van der Waals surface area contributed by atoms with Crippen LogP contribution in [0.2, 0.25) is 0 Å². The van der Waals surface area contributed by atoms with Crippen molar-refractivity contribution in [3.05, 3.63) is 35.1 Å². The summed E-state index contributed by atoms with van der Waals surface area (Å²) in [6.07, 6.45) is 0.313. The van der Waals surface area contributed by atoms with Crippen LogP contribution < -0.4 is 0 Å². The average molecular weight is 209 g/mol. The minimum atomic E-state index is -0.260. The lowest BCUT2D eigenvalue weighted by Crippen LogP contribution is -2.13. The molecule has 15 heavy (non-hydrogen) atoms. The molecule has 0 amide bonds. The summed E-state index contributed by atoms with van der Waals surface area (Å²) in [6.45, 7) is 1.78. The van der Waals surface area contributed by atoms with Gasteiger partial charge in [-0.25, -0.2) is 4.39 Å². The first kappa shape index (κ1) is 10.1. The molecular weight excluding hydrogens is 197 g/mol. The van der Waals surface area contributed by atoms with Gasteiger partial charge in [-0.3, -0.25) is 0 Å².